The molecule has 0 unspecified atom stereocenters. The van der Waals surface area contributed by atoms with Gasteiger partial charge in [-0.05, 0) is 36.5 Å². The molecule has 6 nitrogen and oxygen atoms in total. The Morgan fingerprint density at radius 1 is 1.24 bits per heavy atom. The van der Waals surface area contributed by atoms with Gasteiger partial charge in [0, 0.05) is 41.5 Å². The van der Waals surface area contributed by atoms with Gasteiger partial charge in [0.2, 0.25) is 0 Å². The second kappa shape index (κ2) is 7.44. The molecule has 0 atom stereocenters. The lowest BCUT2D eigenvalue weighted by atomic mass is 10.1. The number of benzene rings is 1. The molecule has 25 heavy (non-hydrogen) atoms. The highest BCUT2D eigenvalue weighted by Gasteiger charge is 2.09. The number of hydrogen-bond acceptors (Lipinski definition) is 4. The SMILES string of the molecule is CN/C=C\C(=N)CNC(=O)c1ccc(-c2nccc3[nH]ccc23)cc1. The van der Waals surface area contributed by atoms with Crippen LogP contribution in [0.5, 0.6) is 0 Å². The lowest BCUT2D eigenvalue weighted by Crippen LogP contribution is -2.28. The van der Waals surface area contributed by atoms with Crippen molar-refractivity contribution in [2.75, 3.05) is 13.6 Å². The first-order valence-electron chi connectivity index (χ1n) is 7.91. The normalized spacial score (nSPS) is 10.9. The maximum Gasteiger partial charge on any atom is 0.251 e. The Morgan fingerprint density at radius 2 is 2.04 bits per heavy atom. The van der Waals surface area contributed by atoms with Gasteiger partial charge in [-0.15, -0.1) is 0 Å². The number of nitrogens with zero attached hydrogens (tertiary/aromatic N) is 1. The van der Waals surface area contributed by atoms with Crippen LogP contribution in [0.1, 0.15) is 10.4 Å². The van der Waals surface area contributed by atoms with Gasteiger partial charge in [-0.1, -0.05) is 12.1 Å². The van der Waals surface area contributed by atoms with Gasteiger partial charge >= 0.3 is 0 Å². The number of aromatic nitrogens is 2. The quantitative estimate of drug-likeness (QED) is 0.523. The summed E-state index contributed by atoms with van der Waals surface area (Å²) in [5.41, 5.74) is 3.73. The highest BCUT2D eigenvalue weighted by molar-refractivity contribution is 6.00. The summed E-state index contributed by atoms with van der Waals surface area (Å²) in [6.07, 6.45) is 6.90. The van der Waals surface area contributed by atoms with Gasteiger partial charge in [0.05, 0.1) is 18.0 Å². The molecule has 0 bridgehead atoms. The molecule has 0 saturated heterocycles. The zero-order valence-corrected chi connectivity index (χ0v) is 13.8. The lowest BCUT2D eigenvalue weighted by molar-refractivity contribution is 0.0959. The van der Waals surface area contributed by atoms with E-state index in [4.69, 9.17) is 5.41 Å². The van der Waals surface area contributed by atoms with Crippen LogP contribution in [0.25, 0.3) is 22.2 Å². The maximum absolute atomic E-state index is 12.2. The molecule has 126 valence electrons. The minimum Gasteiger partial charge on any atom is -0.394 e. The number of H-pyrrole nitrogens is 1. The topological polar surface area (TPSA) is 93.7 Å². The van der Waals surface area contributed by atoms with E-state index in [1.807, 2.05) is 30.5 Å². The third-order valence-electron chi connectivity index (χ3n) is 3.79. The van der Waals surface area contributed by atoms with Gasteiger partial charge in [-0.2, -0.15) is 0 Å². The summed E-state index contributed by atoms with van der Waals surface area (Å²) in [6.45, 7) is 0.184. The van der Waals surface area contributed by atoms with E-state index in [1.165, 1.54) is 0 Å². The molecule has 0 radical (unpaired) electrons. The number of aromatic amines is 1. The highest BCUT2D eigenvalue weighted by atomic mass is 16.1. The van der Waals surface area contributed by atoms with E-state index in [1.54, 1.807) is 37.7 Å². The molecule has 0 spiro atoms. The van der Waals surface area contributed by atoms with Crippen molar-refractivity contribution >= 4 is 22.5 Å². The van der Waals surface area contributed by atoms with Crippen LogP contribution >= 0.6 is 0 Å². The molecule has 2 heterocycles. The van der Waals surface area contributed by atoms with Crippen molar-refractivity contribution in [3.63, 3.8) is 0 Å². The van der Waals surface area contributed by atoms with E-state index in [0.29, 0.717) is 11.3 Å². The van der Waals surface area contributed by atoms with Crippen molar-refractivity contribution in [3.05, 3.63) is 66.6 Å². The van der Waals surface area contributed by atoms with Gasteiger partial charge in [-0.3, -0.25) is 9.78 Å². The van der Waals surface area contributed by atoms with Crippen LogP contribution in [0.15, 0.2) is 61.1 Å². The predicted molar refractivity (Wildman–Crippen MR) is 99.8 cm³/mol. The Morgan fingerprint density at radius 3 is 2.80 bits per heavy atom. The molecule has 0 aliphatic heterocycles. The number of nitrogens with one attached hydrogen (secondary N) is 4. The molecule has 6 heteroatoms. The lowest BCUT2D eigenvalue weighted by Gasteiger charge is -2.06. The van der Waals surface area contributed by atoms with Crippen LogP contribution in [0.2, 0.25) is 0 Å². The molecule has 1 aromatic carbocycles. The van der Waals surface area contributed by atoms with Crippen molar-refractivity contribution in [2.45, 2.75) is 0 Å². The number of carbonyl (C=O) groups excluding carboxylic acids is 1. The van der Waals surface area contributed by atoms with E-state index in [2.05, 4.69) is 20.6 Å². The molecule has 4 N–H and O–H groups in total. The van der Waals surface area contributed by atoms with Crippen molar-refractivity contribution in [1.29, 1.82) is 5.41 Å². The smallest absolute Gasteiger partial charge is 0.251 e. The van der Waals surface area contributed by atoms with E-state index < -0.39 is 0 Å². The van der Waals surface area contributed by atoms with Crippen molar-refractivity contribution in [2.24, 2.45) is 0 Å². The third-order valence-corrected chi connectivity index (χ3v) is 3.79. The molecule has 0 fully saturated rings. The molecule has 0 saturated carbocycles. The molecular formula is C19H19N5O. The maximum atomic E-state index is 12.2. The number of rotatable bonds is 6. The van der Waals surface area contributed by atoms with Crippen LogP contribution in [-0.4, -0.2) is 35.2 Å². The third kappa shape index (κ3) is 3.74. The van der Waals surface area contributed by atoms with Crippen LogP contribution in [-0.2, 0) is 0 Å². The van der Waals surface area contributed by atoms with E-state index in [-0.39, 0.29) is 12.5 Å². The highest BCUT2D eigenvalue weighted by Crippen LogP contribution is 2.25. The Kier molecular flexibility index (Phi) is 4.89. The Labute approximate surface area is 145 Å². The second-order valence-electron chi connectivity index (χ2n) is 5.51. The van der Waals surface area contributed by atoms with Gasteiger partial charge in [-0.25, -0.2) is 0 Å². The van der Waals surface area contributed by atoms with Crippen LogP contribution < -0.4 is 10.6 Å². The number of pyridine rings is 1. The molecule has 1 amide bonds. The van der Waals surface area contributed by atoms with Gasteiger partial charge in [0.1, 0.15) is 0 Å². The van der Waals surface area contributed by atoms with Gasteiger partial charge < -0.3 is 21.0 Å². The van der Waals surface area contributed by atoms with Crippen LogP contribution in [0.4, 0.5) is 0 Å². The Bertz CT molecular complexity index is 924. The standard InChI is InChI=1S/C19H19N5O/c1-21-9-6-15(20)12-24-19(25)14-4-2-13(3-5-14)18-16-7-10-22-17(16)8-11-23-18/h2-11,20-22H,12H2,1H3,(H,24,25)/b9-6-,20-15?. The molecule has 0 aliphatic carbocycles. The van der Waals surface area contributed by atoms with Gasteiger partial charge in [0.25, 0.3) is 5.91 Å². The molecule has 3 rings (SSSR count). The van der Waals surface area contributed by atoms with Crippen LogP contribution in [0.3, 0.4) is 0 Å². The summed E-state index contributed by atoms with van der Waals surface area (Å²) in [5, 5.41) is 14.3. The number of fused-ring (bicyclic) bond motifs is 1. The number of carbonyl (C=O) groups is 1. The van der Waals surface area contributed by atoms with Crippen molar-refractivity contribution < 1.29 is 4.79 Å². The summed E-state index contributed by atoms with van der Waals surface area (Å²) in [5.74, 6) is -0.207. The molecule has 2 aromatic heterocycles. The first-order valence-corrected chi connectivity index (χ1v) is 7.91. The van der Waals surface area contributed by atoms with Crippen molar-refractivity contribution in [3.8, 4) is 11.3 Å². The van der Waals surface area contributed by atoms with Crippen LogP contribution in [0, 0.1) is 5.41 Å². The molecule has 3 aromatic rings. The van der Waals surface area contributed by atoms with Gasteiger partial charge in [0.15, 0.2) is 0 Å². The minimum atomic E-state index is -0.207. The van der Waals surface area contributed by atoms with E-state index in [0.717, 1.165) is 22.2 Å². The van der Waals surface area contributed by atoms with E-state index >= 15 is 0 Å². The summed E-state index contributed by atoms with van der Waals surface area (Å²) in [6, 6.07) is 11.2. The average Bonchev–Trinajstić information content (AvgIpc) is 3.13. The molecular weight excluding hydrogens is 314 g/mol. The number of hydrogen-bond donors (Lipinski definition) is 4. The summed E-state index contributed by atoms with van der Waals surface area (Å²) in [7, 11) is 1.76. The zero-order valence-electron chi connectivity index (χ0n) is 13.8. The first kappa shape index (κ1) is 16.4. The molecule has 0 aliphatic rings. The fraction of sp³-hybridized carbons (Fsp3) is 0.105. The summed E-state index contributed by atoms with van der Waals surface area (Å²) in [4.78, 5) is 19.8. The second-order valence-corrected chi connectivity index (χ2v) is 5.51. The van der Waals surface area contributed by atoms with E-state index in [9.17, 15) is 4.79 Å². The van der Waals surface area contributed by atoms with Crippen molar-refractivity contribution in [1.82, 2.24) is 20.6 Å². The predicted octanol–water partition coefficient (Wildman–Crippen LogP) is 2.71. The average molecular weight is 333 g/mol. The minimum absolute atomic E-state index is 0.184. The fourth-order valence-corrected chi connectivity index (χ4v) is 2.51. The zero-order chi connectivity index (χ0) is 17.6. The monoisotopic (exact) mass is 333 g/mol. The first-order chi connectivity index (χ1) is 12.2. The fourth-order valence-electron chi connectivity index (χ4n) is 2.51. The summed E-state index contributed by atoms with van der Waals surface area (Å²) < 4.78 is 0. The Balaban J connectivity index is 1.72. The Hall–Kier alpha value is -3.41. The summed E-state index contributed by atoms with van der Waals surface area (Å²) >= 11 is 0. The number of amides is 1. The largest absolute Gasteiger partial charge is 0.394 e.